The number of benzene rings is 1. The molecule has 1 heterocycles. The summed E-state index contributed by atoms with van der Waals surface area (Å²) in [5.74, 6) is 1.50. The van der Waals surface area contributed by atoms with Crippen LogP contribution in [0.4, 0.5) is 0 Å². The van der Waals surface area contributed by atoms with Crippen LogP contribution in [0, 0.1) is 13.8 Å². The zero-order valence-corrected chi connectivity index (χ0v) is 12.8. The molecule has 104 valence electrons. The summed E-state index contributed by atoms with van der Waals surface area (Å²) in [6.45, 7) is 5.91. The third-order valence-corrected chi connectivity index (χ3v) is 3.32. The zero-order chi connectivity index (χ0) is 14.7. The Morgan fingerprint density at radius 3 is 2.60 bits per heavy atom. The largest absolute Gasteiger partial charge is 0.456 e. The highest BCUT2D eigenvalue weighted by atomic mass is 32.1. The van der Waals surface area contributed by atoms with Crippen LogP contribution in [0.15, 0.2) is 30.3 Å². The highest BCUT2D eigenvalue weighted by Gasteiger charge is 2.14. The summed E-state index contributed by atoms with van der Waals surface area (Å²) in [6.07, 6.45) is 0.904. The lowest BCUT2D eigenvalue weighted by Gasteiger charge is -2.15. The third-order valence-electron chi connectivity index (χ3n) is 3.11. The fourth-order valence-corrected chi connectivity index (χ4v) is 2.44. The van der Waals surface area contributed by atoms with E-state index >= 15 is 0 Å². The SMILES string of the molecule is CCc1ccccc1Oc1cc(C)nc(C)c1C(N)=S. The van der Waals surface area contributed by atoms with E-state index in [0.29, 0.717) is 16.3 Å². The molecule has 0 saturated carbocycles. The summed E-state index contributed by atoms with van der Waals surface area (Å²) >= 11 is 5.12. The Kier molecular flexibility index (Phi) is 4.35. The van der Waals surface area contributed by atoms with E-state index in [1.54, 1.807) is 0 Å². The summed E-state index contributed by atoms with van der Waals surface area (Å²) < 4.78 is 6.05. The molecular formula is C16H18N2OS. The zero-order valence-electron chi connectivity index (χ0n) is 11.9. The van der Waals surface area contributed by atoms with Gasteiger partial charge in [0.1, 0.15) is 16.5 Å². The van der Waals surface area contributed by atoms with Crippen molar-refractivity contribution in [2.45, 2.75) is 27.2 Å². The van der Waals surface area contributed by atoms with Gasteiger partial charge in [0.05, 0.1) is 11.3 Å². The predicted molar refractivity (Wildman–Crippen MR) is 85.5 cm³/mol. The van der Waals surface area contributed by atoms with E-state index in [1.165, 1.54) is 0 Å². The van der Waals surface area contributed by atoms with Crippen molar-refractivity contribution in [1.82, 2.24) is 4.98 Å². The lowest BCUT2D eigenvalue weighted by atomic mass is 10.1. The second-order valence-corrected chi connectivity index (χ2v) is 5.09. The first-order valence-corrected chi connectivity index (χ1v) is 6.97. The lowest BCUT2D eigenvalue weighted by Crippen LogP contribution is -2.14. The molecule has 0 aliphatic carbocycles. The van der Waals surface area contributed by atoms with Crippen LogP contribution in [0.25, 0.3) is 0 Å². The maximum Gasteiger partial charge on any atom is 0.141 e. The van der Waals surface area contributed by atoms with E-state index in [2.05, 4.69) is 18.0 Å². The fraction of sp³-hybridized carbons (Fsp3) is 0.250. The number of aromatic nitrogens is 1. The summed E-state index contributed by atoms with van der Waals surface area (Å²) in [5.41, 5.74) is 9.33. The molecule has 0 amide bonds. The number of nitrogens with two attached hydrogens (primary N) is 1. The second kappa shape index (κ2) is 6.01. The van der Waals surface area contributed by atoms with Crippen molar-refractivity contribution in [3.05, 3.63) is 52.8 Å². The quantitative estimate of drug-likeness (QED) is 0.871. The number of thiocarbonyl (C=S) groups is 1. The van der Waals surface area contributed by atoms with Crippen LogP contribution < -0.4 is 10.5 Å². The Labute approximate surface area is 124 Å². The number of pyridine rings is 1. The van der Waals surface area contributed by atoms with Crippen LogP contribution in [0.1, 0.15) is 29.4 Å². The first-order chi connectivity index (χ1) is 9.52. The van der Waals surface area contributed by atoms with E-state index in [4.69, 9.17) is 22.7 Å². The summed E-state index contributed by atoms with van der Waals surface area (Å²) in [5, 5.41) is 0. The molecule has 0 bridgehead atoms. The third kappa shape index (κ3) is 2.96. The summed E-state index contributed by atoms with van der Waals surface area (Å²) in [6, 6.07) is 9.83. The van der Waals surface area contributed by atoms with Gasteiger partial charge < -0.3 is 10.5 Å². The van der Waals surface area contributed by atoms with Crippen molar-refractivity contribution < 1.29 is 4.74 Å². The number of aryl methyl sites for hydroxylation is 3. The molecule has 0 aliphatic rings. The molecule has 2 N–H and O–H groups in total. The smallest absolute Gasteiger partial charge is 0.141 e. The van der Waals surface area contributed by atoms with Crippen LogP contribution in [-0.4, -0.2) is 9.97 Å². The minimum atomic E-state index is 0.305. The van der Waals surface area contributed by atoms with E-state index in [0.717, 1.165) is 29.1 Å². The first kappa shape index (κ1) is 14.5. The minimum absolute atomic E-state index is 0.305. The highest BCUT2D eigenvalue weighted by Crippen LogP contribution is 2.30. The molecule has 0 spiro atoms. The van der Waals surface area contributed by atoms with E-state index < -0.39 is 0 Å². The number of ether oxygens (including phenoxy) is 1. The standard InChI is InChI=1S/C16H18N2OS/c1-4-12-7-5-6-8-13(12)19-14-9-10(2)18-11(3)15(14)16(17)20/h5-9H,4H2,1-3H3,(H2,17,20). The summed E-state index contributed by atoms with van der Waals surface area (Å²) in [7, 11) is 0. The van der Waals surface area contributed by atoms with Gasteiger partial charge in [-0.2, -0.15) is 0 Å². The Morgan fingerprint density at radius 1 is 1.25 bits per heavy atom. The van der Waals surface area contributed by atoms with E-state index in [-0.39, 0.29) is 0 Å². The van der Waals surface area contributed by atoms with Crippen LogP contribution >= 0.6 is 12.2 Å². The highest BCUT2D eigenvalue weighted by molar-refractivity contribution is 7.80. The monoisotopic (exact) mass is 286 g/mol. The van der Waals surface area contributed by atoms with Crippen LogP contribution in [-0.2, 0) is 6.42 Å². The van der Waals surface area contributed by atoms with E-state index in [9.17, 15) is 0 Å². The van der Waals surface area contributed by atoms with Gasteiger partial charge in [-0.1, -0.05) is 37.3 Å². The Bertz CT molecular complexity index is 653. The molecule has 3 nitrogen and oxygen atoms in total. The van der Waals surface area contributed by atoms with Crippen LogP contribution in [0.3, 0.4) is 0 Å². The molecular weight excluding hydrogens is 268 g/mol. The van der Waals surface area contributed by atoms with Gasteiger partial charge in [-0.25, -0.2) is 0 Å². The number of para-hydroxylation sites is 1. The van der Waals surface area contributed by atoms with Gasteiger partial charge in [-0.3, -0.25) is 4.98 Å². The molecule has 0 saturated heterocycles. The number of hydrogen-bond acceptors (Lipinski definition) is 3. The van der Waals surface area contributed by atoms with Gasteiger partial charge in [0.25, 0.3) is 0 Å². The van der Waals surface area contributed by atoms with Crippen molar-refractivity contribution in [3.8, 4) is 11.5 Å². The number of rotatable bonds is 4. The van der Waals surface area contributed by atoms with Gasteiger partial charge in [0.2, 0.25) is 0 Å². The Morgan fingerprint density at radius 2 is 1.95 bits per heavy atom. The predicted octanol–water partition coefficient (Wildman–Crippen LogP) is 3.69. The molecule has 2 rings (SSSR count). The van der Waals surface area contributed by atoms with Gasteiger partial charge >= 0.3 is 0 Å². The fourth-order valence-electron chi connectivity index (χ4n) is 2.19. The maximum absolute atomic E-state index is 6.05. The van der Waals surface area contributed by atoms with Gasteiger partial charge in [0.15, 0.2) is 0 Å². The Balaban J connectivity index is 2.50. The normalized spacial score (nSPS) is 10.3. The average molecular weight is 286 g/mol. The molecule has 2 aromatic rings. The van der Waals surface area contributed by atoms with Crippen molar-refractivity contribution in [3.63, 3.8) is 0 Å². The van der Waals surface area contributed by atoms with Gasteiger partial charge in [0, 0.05) is 11.8 Å². The first-order valence-electron chi connectivity index (χ1n) is 6.56. The van der Waals surface area contributed by atoms with Crippen LogP contribution in [0.2, 0.25) is 0 Å². The molecule has 0 atom stereocenters. The molecule has 0 aliphatic heterocycles. The molecule has 20 heavy (non-hydrogen) atoms. The van der Waals surface area contributed by atoms with Gasteiger partial charge in [-0.05, 0) is 31.9 Å². The van der Waals surface area contributed by atoms with Crippen molar-refractivity contribution in [1.29, 1.82) is 0 Å². The van der Waals surface area contributed by atoms with E-state index in [1.807, 2.05) is 38.1 Å². The topological polar surface area (TPSA) is 48.1 Å². The maximum atomic E-state index is 6.05. The molecule has 1 aromatic heterocycles. The number of nitrogens with zero attached hydrogens (tertiary/aromatic N) is 1. The average Bonchev–Trinajstić information content (AvgIpc) is 2.38. The summed E-state index contributed by atoms with van der Waals surface area (Å²) in [4.78, 5) is 4.70. The van der Waals surface area contributed by atoms with Crippen molar-refractivity contribution in [2.24, 2.45) is 5.73 Å². The Hall–Kier alpha value is -1.94. The minimum Gasteiger partial charge on any atom is -0.456 e. The second-order valence-electron chi connectivity index (χ2n) is 4.65. The molecule has 4 heteroatoms. The lowest BCUT2D eigenvalue weighted by molar-refractivity contribution is 0.474. The van der Waals surface area contributed by atoms with Crippen molar-refractivity contribution in [2.75, 3.05) is 0 Å². The molecule has 0 unspecified atom stereocenters. The molecule has 0 radical (unpaired) electrons. The van der Waals surface area contributed by atoms with Gasteiger partial charge in [-0.15, -0.1) is 0 Å². The van der Waals surface area contributed by atoms with Crippen LogP contribution in [0.5, 0.6) is 11.5 Å². The molecule has 0 fully saturated rings. The van der Waals surface area contributed by atoms with Crippen molar-refractivity contribution >= 4 is 17.2 Å². The molecule has 1 aromatic carbocycles. The number of hydrogen-bond donors (Lipinski definition) is 1.